The molecule has 2 aromatic carbocycles. The number of hydrogen-bond donors (Lipinski definition) is 1. The Morgan fingerprint density at radius 2 is 1.93 bits per heavy atom. The van der Waals surface area contributed by atoms with Crippen LogP contribution in [-0.2, 0) is 15.1 Å². The van der Waals surface area contributed by atoms with Gasteiger partial charge in [0.15, 0.2) is 11.5 Å². The third-order valence-electron chi connectivity index (χ3n) is 4.69. The van der Waals surface area contributed by atoms with Gasteiger partial charge >= 0.3 is 0 Å². The first-order chi connectivity index (χ1) is 13.1. The molecule has 0 heterocycles. The fourth-order valence-electron chi connectivity index (χ4n) is 3.27. The lowest BCUT2D eigenvalue weighted by molar-refractivity contribution is -0.124. The fourth-order valence-corrected chi connectivity index (χ4v) is 3.27. The molecule has 0 aliphatic heterocycles. The standard InChI is InChI=1S/C21H24N2O4/c1-4-27-21(16-8-6-5-7-9-16)13-17(21)20(24)23-22-14-15-10-11-18(25-2)19(12-15)26-3/h5-12,14,17H,4,13H2,1-3H3,(H,23,24)/b22-14-. The van der Waals surface area contributed by atoms with Gasteiger partial charge in [-0.1, -0.05) is 30.3 Å². The van der Waals surface area contributed by atoms with E-state index >= 15 is 0 Å². The normalized spacial score (nSPS) is 21.1. The molecule has 0 aromatic heterocycles. The highest BCUT2D eigenvalue weighted by atomic mass is 16.5. The summed E-state index contributed by atoms with van der Waals surface area (Å²) in [5.74, 6) is 0.849. The highest BCUT2D eigenvalue weighted by molar-refractivity contribution is 5.86. The number of amides is 1. The molecule has 6 nitrogen and oxygen atoms in total. The van der Waals surface area contributed by atoms with Gasteiger partial charge in [0.1, 0.15) is 5.60 Å². The quantitative estimate of drug-likeness (QED) is 0.574. The smallest absolute Gasteiger partial charge is 0.246 e. The van der Waals surface area contributed by atoms with E-state index in [1.54, 1.807) is 32.6 Å². The Morgan fingerprint density at radius 1 is 1.19 bits per heavy atom. The van der Waals surface area contributed by atoms with Crippen LogP contribution in [0.2, 0.25) is 0 Å². The summed E-state index contributed by atoms with van der Waals surface area (Å²) in [4.78, 5) is 12.5. The molecule has 0 radical (unpaired) electrons. The van der Waals surface area contributed by atoms with Gasteiger partial charge in [0.2, 0.25) is 5.91 Å². The van der Waals surface area contributed by atoms with E-state index in [1.165, 1.54) is 0 Å². The maximum Gasteiger partial charge on any atom is 0.246 e. The van der Waals surface area contributed by atoms with Crippen molar-refractivity contribution in [2.24, 2.45) is 11.0 Å². The minimum Gasteiger partial charge on any atom is -0.493 e. The number of benzene rings is 2. The number of carbonyl (C=O) groups excluding carboxylic acids is 1. The molecule has 2 atom stereocenters. The summed E-state index contributed by atoms with van der Waals surface area (Å²) in [7, 11) is 3.16. The summed E-state index contributed by atoms with van der Waals surface area (Å²) in [5, 5.41) is 4.08. The average Bonchev–Trinajstić information content (AvgIpc) is 3.44. The van der Waals surface area contributed by atoms with Crippen LogP contribution in [0.1, 0.15) is 24.5 Å². The zero-order valence-electron chi connectivity index (χ0n) is 15.8. The van der Waals surface area contributed by atoms with Gasteiger partial charge in [0, 0.05) is 6.61 Å². The van der Waals surface area contributed by atoms with Gasteiger partial charge in [0.05, 0.1) is 26.4 Å². The molecule has 142 valence electrons. The SMILES string of the molecule is CCOC1(c2ccccc2)CC1C(=O)N/N=C\c1ccc(OC)c(OC)c1. The lowest BCUT2D eigenvalue weighted by Gasteiger charge is -2.17. The molecule has 1 amide bonds. The minimum absolute atomic E-state index is 0.149. The maximum atomic E-state index is 12.5. The van der Waals surface area contributed by atoms with Crippen molar-refractivity contribution in [1.82, 2.24) is 5.43 Å². The average molecular weight is 368 g/mol. The molecular formula is C21H24N2O4. The molecule has 0 saturated heterocycles. The number of rotatable bonds is 8. The number of hydrogen-bond acceptors (Lipinski definition) is 5. The Balaban J connectivity index is 1.65. The molecule has 1 fully saturated rings. The second kappa shape index (κ2) is 8.22. The highest BCUT2D eigenvalue weighted by Gasteiger charge is 2.60. The molecule has 27 heavy (non-hydrogen) atoms. The lowest BCUT2D eigenvalue weighted by Crippen LogP contribution is -2.26. The van der Waals surface area contributed by atoms with Crippen LogP contribution >= 0.6 is 0 Å². The molecule has 2 aromatic rings. The number of nitrogens with zero attached hydrogens (tertiary/aromatic N) is 1. The first kappa shape index (κ1) is 18.9. The Kier molecular flexibility index (Phi) is 5.76. The number of hydrazone groups is 1. The molecule has 0 bridgehead atoms. The zero-order valence-corrected chi connectivity index (χ0v) is 15.8. The summed E-state index contributed by atoms with van der Waals surface area (Å²) < 4.78 is 16.4. The van der Waals surface area contributed by atoms with Gasteiger partial charge < -0.3 is 14.2 Å². The molecule has 1 aliphatic rings. The van der Waals surface area contributed by atoms with E-state index < -0.39 is 5.60 Å². The van der Waals surface area contributed by atoms with Gasteiger partial charge in [-0.05, 0) is 42.7 Å². The molecular weight excluding hydrogens is 344 g/mol. The fraction of sp³-hybridized carbons (Fsp3) is 0.333. The van der Waals surface area contributed by atoms with Crippen molar-refractivity contribution in [2.75, 3.05) is 20.8 Å². The highest BCUT2D eigenvalue weighted by Crippen LogP contribution is 2.55. The van der Waals surface area contributed by atoms with Crippen molar-refractivity contribution in [3.05, 3.63) is 59.7 Å². The van der Waals surface area contributed by atoms with E-state index in [0.717, 1.165) is 11.1 Å². The van der Waals surface area contributed by atoms with Gasteiger partial charge in [0.25, 0.3) is 0 Å². The van der Waals surface area contributed by atoms with Crippen LogP contribution in [0.5, 0.6) is 11.5 Å². The topological polar surface area (TPSA) is 69.2 Å². The largest absolute Gasteiger partial charge is 0.493 e. The summed E-state index contributed by atoms with van der Waals surface area (Å²) in [6.45, 7) is 2.49. The van der Waals surface area contributed by atoms with Gasteiger partial charge in [-0.25, -0.2) is 5.43 Å². The van der Waals surface area contributed by atoms with E-state index in [9.17, 15) is 4.79 Å². The van der Waals surface area contributed by atoms with Crippen molar-refractivity contribution in [1.29, 1.82) is 0 Å². The van der Waals surface area contributed by atoms with E-state index in [1.807, 2.05) is 43.3 Å². The summed E-state index contributed by atoms with van der Waals surface area (Å²) in [6, 6.07) is 15.3. The monoisotopic (exact) mass is 368 g/mol. The predicted molar refractivity (Wildman–Crippen MR) is 103 cm³/mol. The molecule has 6 heteroatoms. The third kappa shape index (κ3) is 3.95. The number of carbonyl (C=O) groups is 1. The van der Waals surface area contributed by atoms with Crippen molar-refractivity contribution in [3.8, 4) is 11.5 Å². The first-order valence-corrected chi connectivity index (χ1v) is 8.89. The first-order valence-electron chi connectivity index (χ1n) is 8.89. The molecule has 1 N–H and O–H groups in total. The van der Waals surface area contributed by atoms with Crippen molar-refractivity contribution in [2.45, 2.75) is 18.9 Å². The predicted octanol–water partition coefficient (Wildman–Crippen LogP) is 3.11. The van der Waals surface area contributed by atoms with Crippen LogP contribution in [0.3, 0.4) is 0 Å². The molecule has 0 spiro atoms. The van der Waals surface area contributed by atoms with Crippen molar-refractivity contribution < 1.29 is 19.0 Å². The maximum absolute atomic E-state index is 12.5. The molecule has 1 aliphatic carbocycles. The zero-order chi connectivity index (χ0) is 19.3. The van der Waals surface area contributed by atoms with Gasteiger partial charge in [-0.3, -0.25) is 4.79 Å². The van der Waals surface area contributed by atoms with Crippen LogP contribution in [0.15, 0.2) is 53.6 Å². The van der Waals surface area contributed by atoms with Gasteiger partial charge in [-0.15, -0.1) is 0 Å². The van der Waals surface area contributed by atoms with Gasteiger partial charge in [-0.2, -0.15) is 5.10 Å². The Morgan fingerprint density at radius 3 is 2.59 bits per heavy atom. The summed E-state index contributed by atoms with van der Waals surface area (Å²) in [5.41, 5.74) is 3.90. The number of methoxy groups -OCH3 is 2. The van der Waals surface area contributed by atoms with Crippen molar-refractivity contribution in [3.63, 3.8) is 0 Å². The number of nitrogens with one attached hydrogen (secondary N) is 1. The lowest BCUT2D eigenvalue weighted by atomic mass is 10.1. The Hall–Kier alpha value is -2.86. The van der Waals surface area contributed by atoms with Crippen molar-refractivity contribution >= 4 is 12.1 Å². The molecule has 1 saturated carbocycles. The van der Waals surface area contributed by atoms with Crippen LogP contribution in [-0.4, -0.2) is 32.9 Å². The third-order valence-corrected chi connectivity index (χ3v) is 4.69. The van der Waals surface area contributed by atoms with E-state index in [2.05, 4.69) is 10.5 Å². The Bertz CT molecular complexity index is 822. The van der Waals surface area contributed by atoms with Crippen LogP contribution < -0.4 is 14.9 Å². The van der Waals surface area contributed by atoms with Crippen LogP contribution in [0.25, 0.3) is 0 Å². The van der Waals surface area contributed by atoms with E-state index in [4.69, 9.17) is 14.2 Å². The van der Waals surface area contributed by atoms with Crippen LogP contribution in [0, 0.1) is 5.92 Å². The summed E-state index contributed by atoms with van der Waals surface area (Å²) >= 11 is 0. The Labute approximate surface area is 159 Å². The minimum atomic E-state index is -0.543. The molecule has 2 unspecified atom stereocenters. The second-order valence-corrected chi connectivity index (χ2v) is 6.29. The second-order valence-electron chi connectivity index (χ2n) is 6.29. The molecule has 3 rings (SSSR count). The summed E-state index contributed by atoms with van der Waals surface area (Å²) in [6.07, 6.45) is 2.23. The number of ether oxygens (including phenoxy) is 3. The van der Waals surface area contributed by atoms with E-state index in [-0.39, 0.29) is 11.8 Å². The van der Waals surface area contributed by atoms with E-state index in [0.29, 0.717) is 24.5 Å². The van der Waals surface area contributed by atoms with Crippen LogP contribution in [0.4, 0.5) is 0 Å².